The van der Waals surface area contributed by atoms with Gasteiger partial charge < -0.3 is 0 Å². The molecular formula is C42H25N5S. The molecular weight excluding hydrogens is 607 g/mol. The fourth-order valence-corrected chi connectivity index (χ4v) is 8.02. The summed E-state index contributed by atoms with van der Waals surface area (Å²) in [5.41, 5.74) is 7.97. The van der Waals surface area contributed by atoms with Crippen LogP contribution >= 0.6 is 11.3 Å². The molecule has 0 radical (unpaired) electrons. The van der Waals surface area contributed by atoms with Crippen LogP contribution in [-0.4, -0.2) is 24.5 Å². The van der Waals surface area contributed by atoms with Crippen molar-refractivity contribution in [3.63, 3.8) is 0 Å². The van der Waals surface area contributed by atoms with Crippen molar-refractivity contribution >= 4 is 64.3 Å². The van der Waals surface area contributed by atoms with E-state index in [1.165, 1.54) is 4.70 Å². The Morgan fingerprint density at radius 1 is 0.417 bits per heavy atom. The first kappa shape index (κ1) is 26.9. The quantitative estimate of drug-likeness (QED) is 0.194. The number of aromatic nitrogens is 5. The molecule has 0 amide bonds. The Balaban J connectivity index is 1.34. The minimum absolute atomic E-state index is 0.642. The average Bonchev–Trinajstić information content (AvgIpc) is 3.71. The van der Waals surface area contributed by atoms with Crippen LogP contribution in [0.3, 0.4) is 0 Å². The van der Waals surface area contributed by atoms with Crippen molar-refractivity contribution < 1.29 is 0 Å². The number of nitrogens with zero attached hydrogens (tertiary/aromatic N) is 5. The van der Waals surface area contributed by atoms with Crippen LogP contribution in [0.15, 0.2) is 152 Å². The Labute approximate surface area is 279 Å². The summed E-state index contributed by atoms with van der Waals surface area (Å²) in [6, 6.07) is 52.3. The number of benzene rings is 6. The first-order valence-corrected chi connectivity index (χ1v) is 16.7. The van der Waals surface area contributed by atoms with Gasteiger partial charge in [0.2, 0.25) is 5.95 Å². The molecule has 0 saturated heterocycles. The number of hydrogen-bond donors (Lipinski definition) is 0. The molecule has 5 nitrogen and oxygen atoms in total. The number of thiophene rings is 1. The van der Waals surface area contributed by atoms with Crippen molar-refractivity contribution in [3.05, 3.63) is 152 Å². The fourth-order valence-electron chi connectivity index (χ4n) is 6.94. The highest BCUT2D eigenvalue weighted by Crippen LogP contribution is 2.46. The van der Waals surface area contributed by atoms with Gasteiger partial charge in [-0.05, 0) is 24.3 Å². The Morgan fingerprint density at radius 2 is 1.04 bits per heavy atom. The van der Waals surface area contributed by atoms with Crippen molar-refractivity contribution in [1.82, 2.24) is 24.5 Å². The largest absolute Gasteiger partial charge is 0.278 e. The van der Waals surface area contributed by atoms with Gasteiger partial charge in [0.25, 0.3) is 0 Å². The third-order valence-electron chi connectivity index (χ3n) is 9.05. The zero-order chi connectivity index (χ0) is 31.6. The molecule has 0 aliphatic rings. The lowest BCUT2D eigenvalue weighted by molar-refractivity contribution is 1.01. The topological polar surface area (TPSA) is 56.5 Å². The monoisotopic (exact) mass is 631 g/mol. The van der Waals surface area contributed by atoms with Gasteiger partial charge in [0, 0.05) is 48.3 Å². The molecule has 0 unspecified atom stereocenters. The predicted octanol–water partition coefficient (Wildman–Crippen LogP) is 10.9. The van der Waals surface area contributed by atoms with Gasteiger partial charge in [0.05, 0.1) is 27.9 Å². The molecule has 48 heavy (non-hydrogen) atoms. The average molecular weight is 632 g/mol. The summed E-state index contributed by atoms with van der Waals surface area (Å²) in [5, 5.41) is 5.55. The molecule has 0 fully saturated rings. The third-order valence-corrected chi connectivity index (χ3v) is 10.1. The van der Waals surface area contributed by atoms with Gasteiger partial charge in [-0.2, -0.15) is 0 Å². The highest BCUT2D eigenvalue weighted by molar-refractivity contribution is 7.25. The lowest BCUT2D eigenvalue weighted by Gasteiger charge is -2.11. The summed E-state index contributed by atoms with van der Waals surface area (Å²) in [6.45, 7) is 0. The molecule has 10 rings (SSSR count). The molecule has 4 aromatic heterocycles. The summed E-state index contributed by atoms with van der Waals surface area (Å²) < 4.78 is 3.38. The molecule has 10 aromatic rings. The van der Waals surface area contributed by atoms with Crippen LogP contribution in [0, 0.1) is 0 Å². The van der Waals surface area contributed by atoms with E-state index in [4.69, 9.17) is 19.9 Å². The van der Waals surface area contributed by atoms with Crippen LogP contribution in [0.4, 0.5) is 0 Å². The third kappa shape index (κ3) is 4.10. The normalized spacial score (nSPS) is 11.8. The summed E-state index contributed by atoms with van der Waals surface area (Å²) in [5.74, 6) is 1.37. The van der Waals surface area contributed by atoms with E-state index in [0.29, 0.717) is 5.95 Å². The molecule has 0 atom stereocenters. The van der Waals surface area contributed by atoms with Crippen LogP contribution in [-0.2, 0) is 0 Å². The van der Waals surface area contributed by atoms with Gasteiger partial charge >= 0.3 is 0 Å². The van der Waals surface area contributed by atoms with Gasteiger partial charge in [0.15, 0.2) is 5.82 Å². The summed E-state index contributed by atoms with van der Waals surface area (Å²) in [6.07, 6.45) is 0. The molecule has 6 heteroatoms. The number of para-hydroxylation sites is 2. The van der Waals surface area contributed by atoms with Crippen LogP contribution in [0.25, 0.3) is 92.9 Å². The van der Waals surface area contributed by atoms with Crippen LogP contribution in [0.1, 0.15) is 0 Å². The molecule has 0 saturated carbocycles. The zero-order valence-corrected chi connectivity index (χ0v) is 26.4. The number of hydrogen-bond acceptors (Lipinski definition) is 5. The number of fused-ring (bicyclic) bond motifs is 8. The van der Waals surface area contributed by atoms with Gasteiger partial charge in [0.1, 0.15) is 4.83 Å². The van der Waals surface area contributed by atoms with Crippen molar-refractivity contribution in [3.8, 4) is 39.9 Å². The molecule has 0 aliphatic carbocycles. The lowest BCUT2D eigenvalue weighted by atomic mass is 10.0. The second-order valence-electron chi connectivity index (χ2n) is 11.9. The van der Waals surface area contributed by atoms with Gasteiger partial charge in [-0.25, -0.2) is 19.9 Å². The lowest BCUT2D eigenvalue weighted by Crippen LogP contribution is -2.03. The fraction of sp³-hybridized carbons (Fsp3) is 0. The summed E-state index contributed by atoms with van der Waals surface area (Å²) in [4.78, 5) is 21.9. The van der Waals surface area contributed by atoms with Crippen molar-refractivity contribution in [2.75, 3.05) is 0 Å². The van der Waals surface area contributed by atoms with E-state index in [1.807, 2.05) is 42.5 Å². The minimum atomic E-state index is 0.642. The van der Waals surface area contributed by atoms with Crippen molar-refractivity contribution in [2.24, 2.45) is 0 Å². The van der Waals surface area contributed by atoms with E-state index < -0.39 is 0 Å². The Kier molecular flexibility index (Phi) is 5.98. The van der Waals surface area contributed by atoms with E-state index in [-0.39, 0.29) is 0 Å². The van der Waals surface area contributed by atoms with Crippen LogP contribution in [0.2, 0.25) is 0 Å². The second kappa shape index (κ2) is 10.7. The van der Waals surface area contributed by atoms with Gasteiger partial charge in [-0.15, -0.1) is 11.3 Å². The van der Waals surface area contributed by atoms with E-state index in [1.54, 1.807) is 11.3 Å². The number of rotatable bonds is 4. The molecule has 224 valence electrons. The van der Waals surface area contributed by atoms with Crippen LogP contribution < -0.4 is 0 Å². The van der Waals surface area contributed by atoms with E-state index >= 15 is 0 Å². The SMILES string of the molecule is c1ccc(-c2nc(-c3ccccc3)c3c(n2)sc2ccc4c(c5ccccc5n4-c4nc(-c5ccccc5)c5ccccc5n4)c23)cc1. The standard InChI is InChI=1S/C42H25N5S/c1-4-14-26(15-5-1)38-29-20-10-12-22-31(29)43-42(45-38)47-32-23-13-11-21-30(32)35-33(47)24-25-34-36(35)37-39(27-16-6-2-7-17-27)44-40(46-41(37)48-34)28-18-8-3-9-19-28/h1-25H. The zero-order valence-electron chi connectivity index (χ0n) is 25.6. The maximum atomic E-state index is 5.28. The summed E-state index contributed by atoms with van der Waals surface area (Å²) >= 11 is 1.72. The summed E-state index contributed by atoms with van der Waals surface area (Å²) in [7, 11) is 0. The Morgan fingerprint density at radius 3 is 1.79 bits per heavy atom. The Bertz CT molecular complexity index is 2820. The highest BCUT2D eigenvalue weighted by atomic mass is 32.1. The maximum absolute atomic E-state index is 5.28. The van der Waals surface area contributed by atoms with E-state index in [9.17, 15) is 0 Å². The Hall–Kier alpha value is -6.24. The maximum Gasteiger partial charge on any atom is 0.235 e. The molecule has 4 heterocycles. The molecule has 6 aromatic carbocycles. The highest BCUT2D eigenvalue weighted by Gasteiger charge is 2.23. The molecule has 0 bridgehead atoms. The minimum Gasteiger partial charge on any atom is -0.278 e. The van der Waals surface area contributed by atoms with Gasteiger partial charge in [-0.1, -0.05) is 127 Å². The first-order valence-electron chi connectivity index (χ1n) is 15.9. The predicted molar refractivity (Wildman–Crippen MR) is 199 cm³/mol. The van der Waals surface area contributed by atoms with Crippen molar-refractivity contribution in [1.29, 1.82) is 0 Å². The second-order valence-corrected chi connectivity index (χ2v) is 12.9. The molecule has 0 spiro atoms. The van der Waals surface area contributed by atoms with Crippen LogP contribution in [0.5, 0.6) is 0 Å². The molecule has 0 aliphatic heterocycles. The smallest absolute Gasteiger partial charge is 0.235 e. The van der Waals surface area contributed by atoms with Crippen molar-refractivity contribution in [2.45, 2.75) is 0 Å². The van der Waals surface area contributed by atoms with E-state index in [0.717, 1.165) is 82.2 Å². The van der Waals surface area contributed by atoms with E-state index in [2.05, 4.69) is 114 Å². The van der Waals surface area contributed by atoms with Gasteiger partial charge in [-0.3, -0.25) is 4.57 Å². The molecule has 0 N–H and O–H groups in total. The first-order chi connectivity index (χ1) is 23.8.